The summed E-state index contributed by atoms with van der Waals surface area (Å²) in [6, 6.07) is 0.899. The molecule has 2 aromatic heterocycles. The van der Waals surface area contributed by atoms with Crippen LogP contribution in [0.25, 0.3) is 0 Å². The normalized spacial score (nSPS) is 11.2. The van der Waals surface area contributed by atoms with Crippen molar-refractivity contribution in [3.63, 3.8) is 0 Å². The van der Waals surface area contributed by atoms with E-state index in [2.05, 4.69) is 19.9 Å². The zero-order valence-corrected chi connectivity index (χ0v) is 11.8. The maximum absolute atomic E-state index is 7.42. The Balaban J connectivity index is 0.000000200. The molecule has 96 valence electrons. The summed E-state index contributed by atoms with van der Waals surface area (Å²) in [6.07, 6.45) is 0. The average molecular weight is 246 g/mol. The van der Waals surface area contributed by atoms with Crippen LogP contribution in [0.5, 0.6) is 0 Å². The van der Waals surface area contributed by atoms with Crippen molar-refractivity contribution in [2.24, 2.45) is 0 Å². The molecule has 2 aromatic rings. The van der Waals surface area contributed by atoms with Crippen LogP contribution in [-0.4, -0.2) is 19.9 Å². The van der Waals surface area contributed by atoms with Gasteiger partial charge in [-0.1, -0.05) is 0 Å². The Morgan fingerprint density at radius 1 is 0.611 bits per heavy atom. The van der Waals surface area contributed by atoms with E-state index in [4.69, 9.17) is 2.74 Å². The van der Waals surface area contributed by atoms with Crippen molar-refractivity contribution in [2.75, 3.05) is 0 Å². The maximum atomic E-state index is 7.42. The van der Waals surface area contributed by atoms with E-state index < -0.39 is 0 Å². The lowest BCUT2D eigenvalue weighted by Gasteiger charge is -1.95. The van der Waals surface area contributed by atoms with Crippen molar-refractivity contribution in [3.05, 3.63) is 46.5 Å². The molecule has 2 heterocycles. The lowest BCUT2D eigenvalue weighted by atomic mass is 10.3. The number of nitrogens with zero attached hydrogens (tertiary/aromatic N) is 4. The summed E-state index contributed by atoms with van der Waals surface area (Å²) in [5.41, 5.74) is 3.02. The van der Waals surface area contributed by atoms with Crippen molar-refractivity contribution < 1.29 is 2.74 Å². The molecule has 0 unspecified atom stereocenters. The molecule has 0 amide bonds. The van der Waals surface area contributed by atoms with Gasteiger partial charge < -0.3 is 0 Å². The predicted molar refractivity (Wildman–Crippen MR) is 72.5 cm³/mol. The van der Waals surface area contributed by atoms with Crippen molar-refractivity contribution >= 4 is 0 Å². The number of aromatic nitrogens is 4. The highest BCUT2D eigenvalue weighted by atomic mass is 14.9. The first kappa shape index (κ1) is 11.3. The molecule has 4 nitrogen and oxygen atoms in total. The lowest BCUT2D eigenvalue weighted by Crippen LogP contribution is -1.91. The highest BCUT2D eigenvalue weighted by Crippen LogP contribution is 1.97. The number of hydrogen-bond donors (Lipinski definition) is 0. The molecular formula is C14H20N4. The van der Waals surface area contributed by atoms with Crippen molar-refractivity contribution in [3.8, 4) is 0 Å². The topological polar surface area (TPSA) is 51.6 Å². The SMILES string of the molecule is [2H]c1c(C)nc(C)nc1C.[2H]c1c(C)nc(C)nc1C. The van der Waals surface area contributed by atoms with Gasteiger partial charge in [0.15, 0.2) is 0 Å². The van der Waals surface area contributed by atoms with Gasteiger partial charge in [0.25, 0.3) is 0 Å². The van der Waals surface area contributed by atoms with Crippen LogP contribution in [0, 0.1) is 41.5 Å². The van der Waals surface area contributed by atoms with Gasteiger partial charge in [-0.05, 0) is 53.6 Å². The van der Waals surface area contributed by atoms with E-state index in [-0.39, 0.29) is 0 Å². The van der Waals surface area contributed by atoms with Crippen LogP contribution in [0.4, 0.5) is 0 Å². The van der Waals surface area contributed by atoms with Crippen LogP contribution in [0.1, 0.15) is 37.2 Å². The van der Waals surface area contributed by atoms with Gasteiger partial charge in [0.2, 0.25) is 0 Å². The first-order chi connectivity index (χ1) is 9.22. The van der Waals surface area contributed by atoms with Crippen molar-refractivity contribution in [2.45, 2.75) is 41.5 Å². The van der Waals surface area contributed by atoms with Gasteiger partial charge in [-0.25, -0.2) is 19.9 Å². The van der Waals surface area contributed by atoms with E-state index in [1.54, 1.807) is 0 Å². The number of aryl methyl sites for hydroxylation is 6. The highest BCUT2D eigenvalue weighted by molar-refractivity contribution is 5.07. The Bertz CT molecular complexity index is 525. The predicted octanol–water partition coefficient (Wildman–Crippen LogP) is 2.80. The quantitative estimate of drug-likeness (QED) is 0.717. The van der Waals surface area contributed by atoms with Gasteiger partial charge in [-0.15, -0.1) is 0 Å². The lowest BCUT2D eigenvalue weighted by molar-refractivity contribution is 0.975. The van der Waals surface area contributed by atoms with Crippen LogP contribution in [-0.2, 0) is 0 Å². The first-order valence-corrected chi connectivity index (χ1v) is 5.79. The molecular weight excluding hydrogens is 224 g/mol. The summed E-state index contributed by atoms with van der Waals surface area (Å²) < 4.78 is 14.8. The summed E-state index contributed by atoms with van der Waals surface area (Å²) in [7, 11) is 0. The largest absolute Gasteiger partial charge is 0.239 e. The third-order valence-electron chi connectivity index (χ3n) is 2.04. The highest BCUT2D eigenvalue weighted by Gasteiger charge is 1.91. The van der Waals surface area contributed by atoms with E-state index in [1.165, 1.54) is 0 Å². The molecule has 0 saturated carbocycles. The second kappa shape index (κ2) is 6.19. The van der Waals surface area contributed by atoms with Gasteiger partial charge in [0.05, 0.1) is 2.74 Å². The standard InChI is InChI=1S/2C7H10N2/c2*1-5-4-6(2)9-7(3)8-5/h2*4H,1-3H3/i2*4D. The Labute approximate surface area is 111 Å². The second-order valence-corrected chi connectivity index (χ2v) is 4.13. The molecule has 0 fully saturated rings. The fourth-order valence-electron chi connectivity index (χ4n) is 1.66. The van der Waals surface area contributed by atoms with Gasteiger partial charge in [-0.2, -0.15) is 0 Å². The van der Waals surface area contributed by atoms with E-state index >= 15 is 0 Å². The zero-order valence-electron chi connectivity index (χ0n) is 13.8. The summed E-state index contributed by atoms with van der Waals surface area (Å²) >= 11 is 0. The van der Waals surface area contributed by atoms with E-state index in [1.807, 2.05) is 41.5 Å². The molecule has 4 heteroatoms. The molecule has 0 saturated heterocycles. The minimum Gasteiger partial charge on any atom is -0.239 e. The summed E-state index contributed by atoms with van der Waals surface area (Å²) in [4.78, 5) is 16.1. The summed E-state index contributed by atoms with van der Waals surface area (Å²) in [5, 5.41) is 0. The van der Waals surface area contributed by atoms with Crippen LogP contribution in [0.3, 0.4) is 0 Å². The molecule has 0 N–H and O–H groups in total. The van der Waals surface area contributed by atoms with Crippen LogP contribution in [0.2, 0.25) is 0 Å². The third-order valence-corrected chi connectivity index (χ3v) is 2.04. The number of rotatable bonds is 0. The number of hydrogen-bond acceptors (Lipinski definition) is 4. The molecule has 0 radical (unpaired) electrons. The smallest absolute Gasteiger partial charge is 0.125 e. The van der Waals surface area contributed by atoms with E-state index in [0.717, 1.165) is 34.4 Å². The Hall–Kier alpha value is -1.84. The molecule has 0 aromatic carbocycles. The van der Waals surface area contributed by atoms with Gasteiger partial charge >= 0.3 is 0 Å². The molecule has 2 rings (SSSR count). The molecule has 0 atom stereocenters. The Morgan fingerprint density at radius 2 is 0.833 bits per heavy atom. The molecule has 0 aliphatic heterocycles. The van der Waals surface area contributed by atoms with Crippen molar-refractivity contribution in [1.82, 2.24) is 19.9 Å². The Morgan fingerprint density at radius 3 is 1.06 bits per heavy atom. The molecule has 0 bridgehead atoms. The minimum atomic E-state index is 0.450. The minimum absolute atomic E-state index is 0.450. The molecule has 0 spiro atoms. The fraction of sp³-hybridized carbons (Fsp3) is 0.429. The van der Waals surface area contributed by atoms with E-state index in [9.17, 15) is 0 Å². The molecule has 0 aliphatic carbocycles. The fourth-order valence-corrected chi connectivity index (χ4v) is 1.66. The van der Waals surface area contributed by atoms with Crippen LogP contribution < -0.4 is 0 Å². The summed E-state index contributed by atoms with van der Waals surface area (Å²) in [6.45, 7) is 11.0. The monoisotopic (exact) mass is 246 g/mol. The molecule has 0 aliphatic rings. The zero-order chi connectivity index (χ0) is 15.4. The van der Waals surface area contributed by atoms with Gasteiger partial charge in [-0.3, -0.25) is 0 Å². The van der Waals surface area contributed by atoms with E-state index in [0.29, 0.717) is 12.1 Å². The van der Waals surface area contributed by atoms with Gasteiger partial charge in [0.1, 0.15) is 11.6 Å². The molecule has 18 heavy (non-hydrogen) atoms. The maximum Gasteiger partial charge on any atom is 0.125 e. The van der Waals surface area contributed by atoms with Gasteiger partial charge in [0, 0.05) is 22.8 Å². The first-order valence-electron chi connectivity index (χ1n) is 6.79. The second-order valence-electron chi connectivity index (χ2n) is 4.13. The average Bonchev–Trinajstić information content (AvgIpc) is 2.33. The third kappa shape index (κ3) is 4.99. The van der Waals surface area contributed by atoms with Crippen molar-refractivity contribution in [1.29, 1.82) is 0 Å². The Kier molecular flexibility index (Phi) is 3.87. The summed E-state index contributed by atoms with van der Waals surface area (Å²) in [5.74, 6) is 1.48. The van der Waals surface area contributed by atoms with Crippen LogP contribution in [0.15, 0.2) is 12.1 Å². The van der Waals surface area contributed by atoms with Crippen LogP contribution >= 0.6 is 0 Å².